The van der Waals surface area contributed by atoms with E-state index in [1.165, 1.54) is 18.2 Å². The predicted molar refractivity (Wildman–Crippen MR) is 106 cm³/mol. The highest BCUT2D eigenvalue weighted by atomic mass is 19.4. The van der Waals surface area contributed by atoms with Gasteiger partial charge in [-0.15, -0.1) is 0 Å². The van der Waals surface area contributed by atoms with Crippen LogP contribution in [0.2, 0.25) is 0 Å². The molecule has 0 bridgehead atoms. The van der Waals surface area contributed by atoms with Crippen molar-refractivity contribution in [3.05, 3.63) is 84.4 Å². The standard InChI is InChI=1S/C22H19F3N2O2/c1-15(21(28)27-20-10-6-5-9-19(20)22(23,24)25)26-16-11-13-18(14-12-16)29-17-7-3-2-4-8-17/h2-15,26H,1H3,(H,27,28). The van der Waals surface area contributed by atoms with Crippen molar-refractivity contribution in [1.82, 2.24) is 0 Å². The summed E-state index contributed by atoms with van der Waals surface area (Å²) in [5.41, 5.74) is -0.523. The average Bonchev–Trinajstić information content (AvgIpc) is 2.70. The van der Waals surface area contributed by atoms with E-state index in [0.29, 0.717) is 17.2 Å². The summed E-state index contributed by atoms with van der Waals surface area (Å²) >= 11 is 0. The third kappa shape index (κ3) is 5.51. The third-order valence-corrected chi connectivity index (χ3v) is 4.10. The van der Waals surface area contributed by atoms with Crippen LogP contribution in [0.3, 0.4) is 0 Å². The second-order valence-corrected chi connectivity index (χ2v) is 6.34. The van der Waals surface area contributed by atoms with E-state index in [1.54, 1.807) is 31.2 Å². The van der Waals surface area contributed by atoms with Gasteiger partial charge in [0.05, 0.1) is 11.3 Å². The maximum Gasteiger partial charge on any atom is 0.418 e. The van der Waals surface area contributed by atoms with Gasteiger partial charge in [-0.1, -0.05) is 30.3 Å². The van der Waals surface area contributed by atoms with E-state index < -0.39 is 23.7 Å². The number of carbonyl (C=O) groups is 1. The number of alkyl halides is 3. The molecule has 2 N–H and O–H groups in total. The van der Waals surface area contributed by atoms with E-state index in [9.17, 15) is 18.0 Å². The van der Waals surface area contributed by atoms with Gasteiger partial charge in [0.15, 0.2) is 0 Å². The molecule has 0 saturated heterocycles. The number of amides is 1. The van der Waals surface area contributed by atoms with Crippen molar-refractivity contribution in [3.8, 4) is 11.5 Å². The minimum absolute atomic E-state index is 0.273. The van der Waals surface area contributed by atoms with Gasteiger partial charge in [0.2, 0.25) is 5.91 Å². The molecular formula is C22H19F3N2O2. The largest absolute Gasteiger partial charge is 0.457 e. The van der Waals surface area contributed by atoms with E-state index in [2.05, 4.69) is 10.6 Å². The van der Waals surface area contributed by atoms with Gasteiger partial charge < -0.3 is 15.4 Å². The van der Waals surface area contributed by atoms with Crippen LogP contribution in [0.5, 0.6) is 11.5 Å². The number of carbonyl (C=O) groups excluding carboxylic acids is 1. The molecule has 1 amide bonds. The van der Waals surface area contributed by atoms with Crippen LogP contribution in [-0.2, 0) is 11.0 Å². The smallest absolute Gasteiger partial charge is 0.418 e. The molecular weight excluding hydrogens is 381 g/mol. The molecule has 0 aliphatic carbocycles. The maximum atomic E-state index is 13.1. The van der Waals surface area contributed by atoms with Gasteiger partial charge in [-0.2, -0.15) is 13.2 Å². The van der Waals surface area contributed by atoms with Crippen molar-refractivity contribution in [2.45, 2.75) is 19.1 Å². The molecule has 4 nitrogen and oxygen atoms in total. The Morgan fingerprint density at radius 3 is 2.10 bits per heavy atom. The number of rotatable bonds is 6. The second-order valence-electron chi connectivity index (χ2n) is 6.34. The van der Waals surface area contributed by atoms with Crippen LogP contribution in [0.15, 0.2) is 78.9 Å². The molecule has 0 heterocycles. The summed E-state index contributed by atoms with van der Waals surface area (Å²) in [5, 5.41) is 5.30. The fraction of sp³-hybridized carbons (Fsp3) is 0.136. The topological polar surface area (TPSA) is 50.4 Å². The molecule has 0 aromatic heterocycles. The molecule has 0 spiro atoms. The number of benzene rings is 3. The number of para-hydroxylation sites is 2. The molecule has 150 valence electrons. The Morgan fingerprint density at radius 2 is 1.45 bits per heavy atom. The van der Waals surface area contributed by atoms with Gasteiger partial charge in [0.1, 0.15) is 17.5 Å². The Morgan fingerprint density at radius 1 is 0.862 bits per heavy atom. The molecule has 29 heavy (non-hydrogen) atoms. The van der Waals surface area contributed by atoms with Gasteiger partial charge >= 0.3 is 6.18 Å². The van der Waals surface area contributed by atoms with E-state index >= 15 is 0 Å². The van der Waals surface area contributed by atoms with E-state index in [0.717, 1.165) is 6.07 Å². The summed E-state index contributed by atoms with van der Waals surface area (Å²) in [6, 6.07) is 20.3. The number of nitrogens with one attached hydrogen (secondary N) is 2. The van der Waals surface area contributed by atoms with E-state index in [-0.39, 0.29) is 5.69 Å². The number of hydrogen-bond donors (Lipinski definition) is 2. The molecule has 7 heteroatoms. The Labute approximate surface area is 166 Å². The van der Waals surface area contributed by atoms with Gasteiger partial charge in [-0.3, -0.25) is 4.79 Å². The highest BCUT2D eigenvalue weighted by Gasteiger charge is 2.33. The molecule has 0 fully saturated rings. The first-order valence-corrected chi connectivity index (χ1v) is 8.89. The molecule has 3 aromatic carbocycles. The van der Waals surface area contributed by atoms with Crippen molar-refractivity contribution in [2.75, 3.05) is 10.6 Å². The molecule has 0 aliphatic heterocycles. The van der Waals surface area contributed by atoms with Crippen LogP contribution in [0.25, 0.3) is 0 Å². The first kappa shape index (κ1) is 20.3. The lowest BCUT2D eigenvalue weighted by Gasteiger charge is -2.18. The zero-order valence-corrected chi connectivity index (χ0v) is 15.5. The lowest BCUT2D eigenvalue weighted by atomic mass is 10.1. The lowest BCUT2D eigenvalue weighted by Crippen LogP contribution is -2.32. The van der Waals surface area contributed by atoms with Crippen LogP contribution >= 0.6 is 0 Å². The fourth-order valence-electron chi connectivity index (χ4n) is 2.64. The first-order chi connectivity index (χ1) is 13.8. The van der Waals surface area contributed by atoms with Gasteiger partial charge in [0, 0.05) is 5.69 Å². The molecule has 0 saturated carbocycles. The minimum atomic E-state index is -4.55. The highest BCUT2D eigenvalue weighted by molar-refractivity contribution is 5.96. The van der Waals surface area contributed by atoms with Crippen LogP contribution in [0.4, 0.5) is 24.5 Å². The van der Waals surface area contributed by atoms with Gasteiger partial charge in [-0.05, 0) is 55.5 Å². The highest BCUT2D eigenvalue weighted by Crippen LogP contribution is 2.34. The van der Waals surface area contributed by atoms with E-state index in [1.807, 2.05) is 30.3 Å². The predicted octanol–water partition coefficient (Wildman–Crippen LogP) is 5.94. The van der Waals surface area contributed by atoms with Crippen molar-refractivity contribution < 1.29 is 22.7 Å². The van der Waals surface area contributed by atoms with Gasteiger partial charge in [-0.25, -0.2) is 0 Å². The zero-order valence-electron chi connectivity index (χ0n) is 15.5. The van der Waals surface area contributed by atoms with Crippen LogP contribution < -0.4 is 15.4 Å². The normalized spacial score (nSPS) is 12.1. The SMILES string of the molecule is CC(Nc1ccc(Oc2ccccc2)cc1)C(=O)Nc1ccccc1C(F)(F)F. The van der Waals surface area contributed by atoms with Crippen molar-refractivity contribution in [2.24, 2.45) is 0 Å². The average molecular weight is 400 g/mol. The third-order valence-electron chi connectivity index (χ3n) is 4.10. The van der Waals surface area contributed by atoms with Crippen LogP contribution in [-0.4, -0.2) is 11.9 Å². The molecule has 3 rings (SSSR count). The lowest BCUT2D eigenvalue weighted by molar-refractivity contribution is -0.137. The molecule has 0 radical (unpaired) electrons. The monoisotopic (exact) mass is 400 g/mol. The Balaban J connectivity index is 1.62. The molecule has 1 atom stereocenters. The summed E-state index contributed by atoms with van der Waals surface area (Å²) < 4.78 is 44.9. The Hall–Kier alpha value is -3.48. The Kier molecular flexibility index (Phi) is 6.07. The summed E-state index contributed by atoms with van der Waals surface area (Å²) in [6.45, 7) is 1.57. The number of ether oxygens (including phenoxy) is 1. The number of halogens is 3. The van der Waals surface area contributed by atoms with Crippen molar-refractivity contribution in [3.63, 3.8) is 0 Å². The minimum Gasteiger partial charge on any atom is -0.457 e. The Bertz CT molecular complexity index is 958. The van der Waals surface area contributed by atoms with E-state index in [4.69, 9.17) is 4.74 Å². The quantitative estimate of drug-likeness (QED) is 0.539. The summed E-state index contributed by atoms with van der Waals surface area (Å²) in [5.74, 6) is 0.744. The number of anilines is 2. The molecule has 3 aromatic rings. The van der Waals surface area contributed by atoms with Crippen LogP contribution in [0.1, 0.15) is 12.5 Å². The molecule has 1 unspecified atom stereocenters. The number of hydrogen-bond acceptors (Lipinski definition) is 3. The van der Waals surface area contributed by atoms with Crippen molar-refractivity contribution in [1.29, 1.82) is 0 Å². The fourth-order valence-corrected chi connectivity index (χ4v) is 2.64. The van der Waals surface area contributed by atoms with Gasteiger partial charge in [0.25, 0.3) is 0 Å². The summed E-state index contributed by atoms with van der Waals surface area (Å²) in [4.78, 5) is 12.3. The maximum absolute atomic E-state index is 13.1. The molecule has 0 aliphatic rings. The zero-order chi connectivity index (χ0) is 20.9. The first-order valence-electron chi connectivity index (χ1n) is 8.89. The second kappa shape index (κ2) is 8.68. The van der Waals surface area contributed by atoms with Crippen LogP contribution in [0, 0.1) is 0 Å². The summed E-state index contributed by atoms with van der Waals surface area (Å²) in [6.07, 6.45) is -4.55. The van der Waals surface area contributed by atoms with Crippen molar-refractivity contribution >= 4 is 17.3 Å². The summed E-state index contributed by atoms with van der Waals surface area (Å²) in [7, 11) is 0.